The smallest absolute Gasteiger partial charge is 0.408 e. The van der Waals surface area contributed by atoms with Gasteiger partial charge in [-0.25, -0.2) is 4.79 Å². The van der Waals surface area contributed by atoms with E-state index < -0.39 is 6.09 Å². The Morgan fingerprint density at radius 3 is 2.70 bits per heavy atom. The van der Waals surface area contributed by atoms with Crippen LogP contribution in [0.15, 0.2) is 48.5 Å². The van der Waals surface area contributed by atoms with E-state index in [4.69, 9.17) is 9.84 Å². The molecule has 4 nitrogen and oxygen atoms in total. The van der Waals surface area contributed by atoms with Gasteiger partial charge < -0.3 is 15.2 Å². The lowest BCUT2D eigenvalue weighted by Crippen LogP contribution is -2.24. The third-order valence-corrected chi connectivity index (χ3v) is 3.24. The Kier molecular flexibility index (Phi) is 6.22. The van der Waals surface area contributed by atoms with Crippen LogP contribution in [-0.2, 0) is 18.0 Å². The number of rotatable bonds is 4. The highest BCUT2D eigenvalue weighted by atomic mass is 16.5. The van der Waals surface area contributed by atoms with E-state index in [-0.39, 0.29) is 19.8 Å². The summed E-state index contributed by atoms with van der Waals surface area (Å²) in [6, 6.07) is 15.1. The number of nitrogens with one attached hydrogen (secondary N) is 1. The fourth-order valence-electron chi connectivity index (χ4n) is 1.93. The Morgan fingerprint density at radius 1 is 1.17 bits per heavy atom. The summed E-state index contributed by atoms with van der Waals surface area (Å²) < 4.78 is 5.09. The molecule has 0 heterocycles. The number of aryl methyl sites for hydroxylation is 1. The van der Waals surface area contributed by atoms with Gasteiger partial charge in [0, 0.05) is 5.56 Å². The molecule has 0 aromatic heterocycles. The van der Waals surface area contributed by atoms with E-state index in [1.807, 2.05) is 55.5 Å². The van der Waals surface area contributed by atoms with E-state index in [1.165, 1.54) is 0 Å². The SMILES string of the molecule is Cc1ccc(CO)cc1C#CCNC(=O)OCc1ccccc1. The standard InChI is InChI=1S/C19H19NO3/c1-15-9-10-17(13-21)12-18(15)8-5-11-20-19(22)23-14-16-6-3-2-4-7-16/h2-4,6-7,9-10,12,21H,11,13-14H2,1H3,(H,20,22). The monoisotopic (exact) mass is 309 g/mol. The number of aliphatic hydroxyl groups excluding tert-OH is 1. The van der Waals surface area contributed by atoms with Crippen LogP contribution in [0, 0.1) is 18.8 Å². The Balaban J connectivity index is 1.80. The van der Waals surface area contributed by atoms with Gasteiger partial charge in [0.1, 0.15) is 6.61 Å². The van der Waals surface area contributed by atoms with Crippen LogP contribution in [-0.4, -0.2) is 17.7 Å². The number of hydrogen-bond acceptors (Lipinski definition) is 3. The minimum Gasteiger partial charge on any atom is -0.445 e. The molecule has 0 bridgehead atoms. The molecule has 0 atom stereocenters. The maximum Gasteiger partial charge on any atom is 0.408 e. The predicted octanol–water partition coefficient (Wildman–Crippen LogP) is 2.77. The summed E-state index contributed by atoms with van der Waals surface area (Å²) >= 11 is 0. The van der Waals surface area contributed by atoms with Crippen LogP contribution < -0.4 is 5.32 Å². The Morgan fingerprint density at radius 2 is 1.96 bits per heavy atom. The molecule has 0 aliphatic heterocycles. The molecule has 0 fully saturated rings. The molecule has 2 N–H and O–H groups in total. The second-order valence-corrected chi connectivity index (χ2v) is 5.02. The van der Waals surface area contributed by atoms with Gasteiger partial charge in [-0.1, -0.05) is 54.3 Å². The molecule has 2 aromatic rings. The summed E-state index contributed by atoms with van der Waals surface area (Å²) in [5, 5.41) is 11.7. The van der Waals surface area contributed by atoms with Crippen molar-refractivity contribution >= 4 is 6.09 Å². The maximum atomic E-state index is 11.6. The number of carbonyl (C=O) groups excluding carboxylic acids is 1. The number of ether oxygens (including phenoxy) is 1. The molecule has 118 valence electrons. The number of carbonyl (C=O) groups is 1. The first-order valence-corrected chi connectivity index (χ1v) is 7.33. The molecule has 0 radical (unpaired) electrons. The average molecular weight is 309 g/mol. The molecule has 0 saturated heterocycles. The first-order chi connectivity index (χ1) is 11.2. The summed E-state index contributed by atoms with van der Waals surface area (Å²) in [5.41, 5.74) is 3.62. The van der Waals surface area contributed by atoms with Crippen molar-refractivity contribution in [1.29, 1.82) is 0 Å². The molecule has 23 heavy (non-hydrogen) atoms. The van der Waals surface area contributed by atoms with Crippen molar-refractivity contribution < 1.29 is 14.6 Å². The van der Waals surface area contributed by atoms with Crippen molar-refractivity contribution in [3.63, 3.8) is 0 Å². The van der Waals surface area contributed by atoms with Crippen LogP contribution in [0.4, 0.5) is 4.79 Å². The van der Waals surface area contributed by atoms with E-state index in [2.05, 4.69) is 17.2 Å². The molecular formula is C19H19NO3. The minimum atomic E-state index is -0.496. The molecule has 0 aliphatic rings. The lowest BCUT2D eigenvalue weighted by molar-refractivity contribution is 0.141. The quantitative estimate of drug-likeness (QED) is 0.854. The lowest BCUT2D eigenvalue weighted by Gasteiger charge is -2.04. The van der Waals surface area contributed by atoms with E-state index in [0.29, 0.717) is 0 Å². The molecular weight excluding hydrogens is 290 g/mol. The third kappa shape index (κ3) is 5.50. The zero-order chi connectivity index (χ0) is 16.5. The third-order valence-electron chi connectivity index (χ3n) is 3.24. The first-order valence-electron chi connectivity index (χ1n) is 7.33. The fourth-order valence-corrected chi connectivity index (χ4v) is 1.93. The molecule has 0 unspecified atom stereocenters. The zero-order valence-electron chi connectivity index (χ0n) is 13.0. The maximum absolute atomic E-state index is 11.6. The Hall–Kier alpha value is -2.77. The van der Waals surface area contributed by atoms with Crippen molar-refractivity contribution in [3.05, 3.63) is 70.8 Å². The van der Waals surface area contributed by atoms with Crippen molar-refractivity contribution in [2.24, 2.45) is 0 Å². The van der Waals surface area contributed by atoms with Gasteiger partial charge in [0.05, 0.1) is 13.2 Å². The molecule has 2 rings (SSSR count). The summed E-state index contributed by atoms with van der Waals surface area (Å²) in [7, 11) is 0. The zero-order valence-corrected chi connectivity index (χ0v) is 13.0. The number of benzene rings is 2. The van der Waals surface area contributed by atoms with Gasteiger partial charge in [0.25, 0.3) is 0 Å². The highest BCUT2D eigenvalue weighted by Crippen LogP contribution is 2.09. The summed E-state index contributed by atoms with van der Waals surface area (Å²) in [5.74, 6) is 5.86. The fraction of sp³-hybridized carbons (Fsp3) is 0.211. The molecule has 0 saturated carbocycles. The van der Waals surface area contributed by atoms with Gasteiger partial charge in [-0.15, -0.1) is 0 Å². The molecule has 4 heteroatoms. The van der Waals surface area contributed by atoms with Crippen LogP contribution in [0.3, 0.4) is 0 Å². The second-order valence-electron chi connectivity index (χ2n) is 5.02. The van der Waals surface area contributed by atoms with Gasteiger partial charge in [0.2, 0.25) is 0 Å². The van der Waals surface area contributed by atoms with Crippen LogP contribution in [0.25, 0.3) is 0 Å². The summed E-state index contributed by atoms with van der Waals surface area (Å²) in [6.45, 7) is 2.37. The average Bonchev–Trinajstić information content (AvgIpc) is 2.59. The number of aliphatic hydroxyl groups is 1. The van der Waals surface area contributed by atoms with Crippen molar-refractivity contribution in [3.8, 4) is 11.8 Å². The van der Waals surface area contributed by atoms with Gasteiger partial charge in [0.15, 0.2) is 0 Å². The number of amides is 1. The van der Waals surface area contributed by atoms with Crippen LogP contribution >= 0.6 is 0 Å². The first kappa shape index (κ1) is 16.6. The van der Waals surface area contributed by atoms with Crippen molar-refractivity contribution in [1.82, 2.24) is 5.32 Å². The number of hydrogen-bond donors (Lipinski definition) is 2. The van der Waals surface area contributed by atoms with E-state index in [1.54, 1.807) is 0 Å². The second kappa shape index (κ2) is 8.62. The van der Waals surface area contributed by atoms with Crippen LogP contribution in [0.5, 0.6) is 0 Å². The van der Waals surface area contributed by atoms with Gasteiger partial charge >= 0.3 is 6.09 Å². The predicted molar refractivity (Wildman–Crippen MR) is 88.6 cm³/mol. The molecule has 2 aromatic carbocycles. The van der Waals surface area contributed by atoms with Gasteiger partial charge in [-0.3, -0.25) is 0 Å². The Bertz CT molecular complexity index is 714. The minimum absolute atomic E-state index is 0.0149. The van der Waals surface area contributed by atoms with Crippen molar-refractivity contribution in [2.75, 3.05) is 6.54 Å². The molecule has 0 spiro atoms. The normalized spacial score (nSPS) is 9.65. The molecule has 1 amide bonds. The summed E-state index contributed by atoms with van der Waals surface area (Å²) in [4.78, 5) is 11.6. The van der Waals surface area contributed by atoms with E-state index >= 15 is 0 Å². The van der Waals surface area contributed by atoms with Gasteiger partial charge in [-0.2, -0.15) is 0 Å². The van der Waals surface area contributed by atoms with Crippen LogP contribution in [0.2, 0.25) is 0 Å². The highest BCUT2D eigenvalue weighted by Gasteiger charge is 2.00. The highest BCUT2D eigenvalue weighted by molar-refractivity contribution is 5.67. The largest absolute Gasteiger partial charge is 0.445 e. The lowest BCUT2D eigenvalue weighted by atomic mass is 10.1. The van der Waals surface area contributed by atoms with Crippen LogP contribution in [0.1, 0.15) is 22.3 Å². The topological polar surface area (TPSA) is 58.6 Å². The molecule has 0 aliphatic carbocycles. The number of alkyl carbamates (subject to hydrolysis) is 1. The Labute approximate surface area is 136 Å². The summed E-state index contributed by atoms with van der Waals surface area (Å²) in [6.07, 6.45) is -0.496. The van der Waals surface area contributed by atoms with E-state index in [9.17, 15) is 4.79 Å². The van der Waals surface area contributed by atoms with Gasteiger partial charge in [-0.05, 0) is 29.7 Å². The van der Waals surface area contributed by atoms with E-state index in [0.717, 1.165) is 22.3 Å². The van der Waals surface area contributed by atoms with Crippen molar-refractivity contribution in [2.45, 2.75) is 20.1 Å².